The largest absolute Gasteiger partial charge is 0.383 e. The molecule has 4 heteroatoms. The van der Waals surface area contributed by atoms with E-state index in [2.05, 4.69) is 23.3 Å². The molecule has 0 aromatic heterocycles. The fourth-order valence-electron chi connectivity index (χ4n) is 1.60. The molecule has 1 aromatic carbocycles. The number of nitrogens with one attached hydrogen (secondary N) is 1. The molecular weight excluding hydrogens is 236 g/mol. The fraction of sp³-hybridized carbons (Fsp3) is 0.538. The van der Waals surface area contributed by atoms with Crippen LogP contribution in [-0.2, 0) is 11.3 Å². The van der Waals surface area contributed by atoms with E-state index in [1.807, 2.05) is 18.2 Å². The van der Waals surface area contributed by atoms with Crippen molar-refractivity contribution in [2.24, 2.45) is 0 Å². The van der Waals surface area contributed by atoms with Crippen molar-refractivity contribution in [1.29, 1.82) is 0 Å². The third-order valence-electron chi connectivity index (χ3n) is 2.49. The summed E-state index contributed by atoms with van der Waals surface area (Å²) < 4.78 is 4.97. The Labute approximate surface area is 109 Å². The molecule has 0 atom stereocenters. The highest BCUT2D eigenvalue weighted by atomic mass is 35.5. The zero-order valence-corrected chi connectivity index (χ0v) is 11.3. The minimum absolute atomic E-state index is 0.762. The topological polar surface area (TPSA) is 24.5 Å². The molecule has 0 unspecified atom stereocenters. The summed E-state index contributed by atoms with van der Waals surface area (Å²) in [5.41, 5.74) is 1.25. The van der Waals surface area contributed by atoms with E-state index in [-0.39, 0.29) is 0 Å². The molecule has 0 amide bonds. The van der Waals surface area contributed by atoms with Gasteiger partial charge in [0.25, 0.3) is 0 Å². The van der Waals surface area contributed by atoms with E-state index in [9.17, 15) is 0 Å². The average molecular weight is 257 g/mol. The Kier molecular flexibility index (Phi) is 7.21. The summed E-state index contributed by atoms with van der Waals surface area (Å²) >= 11 is 5.95. The van der Waals surface area contributed by atoms with Crippen molar-refractivity contribution in [3.63, 3.8) is 0 Å². The second-order valence-corrected chi connectivity index (χ2v) is 4.55. The molecule has 0 saturated carbocycles. The molecule has 0 aliphatic rings. The molecule has 0 saturated heterocycles. The van der Waals surface area contributed by atoms with Crippen molar-refractivity contribution in [2.75, 3.05) is 40.4 Å². The molecule has 0 heterocycles. The number of hydrogen-bond acceptors (Lipinski definition) is 3. The smallest absolute Gasteiger partial charge is 0.0587 e. The third kappa shape index (κ3) is 6.64. The summed E-state index contributed by atoms with van der Waals surface area (Å²) in [6, 6.07) is 8.00. The van der Waals surface area contributed by atoms with Gasteiger partial charge in [0.1, 0.15) is 0 Å². The van der Waals surface area contributed by atoms with Gasteiger partial charge in [-0.25, -0.2) is 0 Å². The van der Waals surface area contributed by atoms with Gasteiger partial charge in [0.05, 0.1) is 6.61 Å². The van der Waals surface area contributed by atoms with Crippen molar-refractivity contribution in [3.8, 4) is 0 Å². The van der Waals surface area contributed by atoms with Crippen LogP contribution in [0.1, 0.15) is 5.56 Å². The van der Waals surface area contributed by atoms with Gasteiger partial charge < -0.3 is 15.0 Å². The van der Waals surface area contributed by atoms with E-state index in [4.69, 9.17) is 16.3 Å². The number of likely N-dealkylation sites (N-methyl/N-ethyl adjacent to an activating group) is 1. The van der Waals surface area contributed by atoms with Crippen LogP contribution < -0.4 is 5.32 Å². The van der Waals surface area contributed by atoms with Gasteiger partial charge in [-0.2, -0.15) is 0 Å². The van der Waals surface area contributed by atoms with Crippen LogP contribution in [0.25, 0.3) is 0 Å². The molecule has 1 rings (SSSR count). The van der Waals surface area contributed by atoms with Crippen LogP contribution in [-0.4, -0.2) is 45.3 Å². The highest BCUT2D eigenvalue weighted by molar-refractivity contribution is 6.30. The first-order chi connectivity index (χ1) is 8.22. The molecule has 1 aromatic rings. The number of benzene rings is 1. The Morgan fingerprint density at radius 1 is 1.35 bits per heavy atom. The third-order valence-corrected chi connectivity index (χ3v) is 2.73. The molecular formula is C13H21ClN2O. The first-order valence-electron chi connectivity index (χ1n) is 5.85. The quantitative estimate of drug-likeness (QED) is 0.720. The predicted octanol–water partition coefficient (Wildman–Crippen LogP) is 2.01. The second-order valence-electron chi connectivity index (χ2n) is 4.11. The van der Waals surface area contributed by atoms with Crippen LogP contribution in [0.5, 0.6) is 0 Å². The maximum absolute atomic E-state index is 5.95. The molecule has 0 spiro atoms. The zero-order chi connectivity index (χ0) is 12.5. The maximum atomic E-state index is 5.95. The Bertz CT molecular complexity index is 320. The van der Waals surface area contributed by atoms with E-state index in [0.717, 1.165) is 37.8 Å². The molecule has 0 aliphatic carbocycles. The normalized spacial score (nSPS) is 11.1. The molecule has 96 valence electrons. The minimum Gasteiger partial charge on any atom is -0.383 e. The Balaban J connectivity index is 2.18. The van der Waals surface area contributed by atoms with Gasteiger partial charge in [-0.15, -0.1) is 0 Å². The number of methoxy groups -OCH3 is 1. The van der Waals surface area contributed by atoms with E-state index in [1.165, 1.54) is 5.56 Å². The van der Waals surface area contributed by atoms with Crippen molar-refractivity contribution in [1.82, 2.24) is 10.2 Å². The standard InChI is InChI=1S/C13H21ClN2O/c1-16(8-6-15-7-9-17-2)11-12-4-3-5-13(14)10-12/h3-5,10,15H,6-9,11H2,1-2H3. The first-order valence-corrected chi connectivity index (χ1v) is 6.23. The lowest BCUT2D eigenvalue weighted by atomic mass is 10.2. The summed E-state index contributed by atoms with van der Waals surface area (Å²) in [5, 5.41) is 4.12. The lowest BCUT2D eigenvalue weighted by Gasteiger charge is -2.17. The SMILES string of the molecule is COCCNCCN(C)Cc1cccc(Cl)c1. The Morgan fingerprint density at radius 3 is 2.88 bits per heavy atom. The molecule has 1 N–H and O–H groups in total. The molecule has 0 fully saturated rings. The number of halogens is 1. The van der Waals surface area contributed by atoms with Crippen LogP contribution in [0.4, 0.5) is 0 Å². The fourth-order valence-corrected chi connectivity index (χ4v) is 1.81. The van der Waals surface area contributed by atoms with E-state index in [1.54, 1.807) is 7.11 Å². The van der Waals surface area contributed by atoms with Gasteiger partial charge >= 0.3 is 0 Å². The van der Waals surface area contributed by atoms with Crippen molar-refractivity contribution >= 4 is 11.6 Å². The van der Waals surface area contributed by atoms with Gasteiger partial charge in [0.2, 0.25) is 0 Å². The first kappa shape index (κ1) is 14.5. The lowest BCUT2D eigenvalue weighted by molar-refractivity contribution is 0.197. The van der Waals surface area contributed by atoms with Crippen LogP contribution in [0, 0.1) is 0 Å². The van der Waals surface area contributed by atoms with E-state index < -0.39 is 0 Å². The van der Waals surface area contributed by atoms with Crippen LogP contribution in [0.2, 0.25) is 5.02 Å². The predicted molar refractivity (Wildman–Crippen MR) is 72.5 cm³/mol. The van der Waals surface area contributed by atoms with E-state index >= 15 is 0 Å². The maximum Gasteiger partial charge on any atom is 0.0587 e. The Morgan fingerprint density at radius 2 is 2.18 bits per heavy atom. The molecule has 17 heavy (non-hydrogen) atoms. The highest BCUT2D eigenvalue weighted by Gasteiger charge is 2.00. The van der Waals surface area contributed by atoms with Crippen LogP contribution >= 0.6 is 11.6 Å². The van der Waals surface area contributed by atoms with Crippen LogP contribution in [0.3, 0.4) is 0 Å². The van der Waals surface area contributed by atoms with Gasteiger partial charge in [-0.1, -0.05) is 23.7 Å². The Hall–Kier alpha value is -0.610. The zero-order valence-electron chi connectivity index (χ0n) is 10.6. The molecule has 0 aliphatic heterocycles. The van der Waals surface area contributed by atoms with Crippen LogP contribution in [0.15, 0.2) is 24.3 Å². The van der Waals surface area contributed by atoms with Gasteiger partial charge in [-0.3, -0.25) is 0 Å². The summed E-state index contributed by atoms with van der Waals surface area (Å²) in [5.74, 6) is 0. The van der Waals surface area contributed by atoms with Gasteiger partial charge in [-0.05, 0) is 24.7 Å². The summed E-state index contributed by atoms with van der Waals surface area (Å²) in [6.45, 7) is 4.57. The van der Waals surface area contributed by atoms with Crippen molar-refractivity contribution in [3.05, 3.63) is 34.9 Å². The van der Waals surface area contributed by atoms with Gasteiger partial charge in [0, 0.05) is 38.3 Å². The molecule has 0 radical (unpaired) electrons. The number of nitrogens with zero attached hydrogens (tertiary/aromatic N) is 1. The number of ether oxygens (including phenoxy) is 1. The molecule has 3 nitrogen and oxygen atoms in total. The number of hydrogen-bond donors (Lipinski definition) is 1. The summed E-state index contributed by atoms with van der Waals surface area (Å²) in [4.78, 5) is 2.27. The summed E-state index contributed by atoms with van der Waals surface area (Å²) in [6.07, 6.45) is 0. The average Bonchev–Trinajstić information content (AvgIpc) is 2.29. The van der Waals surface area contributed by atoms with Crippen molar-refractivity contribution in [2.45, 2.75) is 6.54 Å². The summed E-state index contributed by atoms with van der Waals surface area (Å²) in [7, 11) is 3.83. The molecule has 0 bridgehead atoms. The van der Waals surface area contributed by atoms with Gasteiger partial charge in [0.15, 0.2) is 0 Å². The monoisotopic (exact) mass is 256 g/mol. The highest BCUT2D eigenvalue weighted by Crippen LogP contribution is 2.11. The lowest BCUT2D eigenvalue weighted by Crippen LogP contribution is -2.30. The van der Waals surface area contributed by atoms with Crippen molar-refractivity contribution < 1.29 is 4.74 Å². The minimum atomic E-state index is 0.762. The number of rotatable bonds is 8. The second kappa shape index (κ2) is 8.48. The van der Waals surface area contributed by atoms with E-state index in [0.29, 0.717) is 0 Å².